The molecule has 1 aliphatic rings. The molecule has 0 radical (unpaired) electrons. The first-order chi connectivity index (χ1) is 11.7. The zero-order valence-corrected chi connectivity index (χ0v) is 14.6. The number of thioether (sulfide) groups is 1. The average Bonchev–Trinajstić information content (AvgIpc) is 3.10. The van der Waals surface area contributed by atoms with Gasteiger partial charge in [0.2, 0.25) is 0 Å². The van der Waals surface area contributed by atoms with Crippen molar-refractivity contribution >= 4 is 17.7 Å². The molecular weight excluding hydrogens is 322 g/mol. The summed E-state index contributed by atoms with van der Waals surface area (Å²) in [4.78, 5) is 22.5. The molecule has 2 unspecified atom stereocenters. The number of hydrogen-bond donors (Lipinski definition) is 2. The summed E-state index contributed by atoms with van der Waals surface area (Å²) >= 11 is 1.46. The van der Waals surface area contributed by atoms with Crippen LogP contribution in [0.5, 0.6) is 0 Å². The molecule has 6 nitrogen and oxygen atoms in total. The van der Waals surface area contributed by atoms with Crippen molar-refractivity contribution in [3.63, 3.8) is 0 Å². The van der Waals surface area contributed by atoms with Crippen LogP contribution in [-0.4, -0.2) is 46.7 Å². The Balaban J connectivity index is 1.56. The van der Waals surface area contributed by atoms with Gasteiger partial charge < -0.3 is 4.90 Å². The van der Waals surface area contributed by atoms with E-state index < -0.39 is 0 Å². The highest BCUT2D eigenvalue weighted by Crippen LogP contribution is 2.22. The topological polar surface area (TPSA) is 70.2 Å². The van der Waals surface area contributed by atoms with Crippen LogP contribution in [0.1, 0.15) is 28.4 Å². The van der Waals surface area contributed by atoms with Crippen LogP contribution in [0.15, 0.2) is 47.9 Å². The van der Waals surface area contributed by atoms with E-state index in [1.54, 1.807) is 17.3 Å². The fourth-order valence-electron chi connectivity index (χ4n) is 2.81. The number of carbonyl (C=O) groups is 1. The largest absolute Gasteiger partial charge is 0.340 e. The van der Waals surface area contributed by atoms with E-state index in [-0.39, 0.29) is 18.0 Å². The molecule has 1 aromatic heterocycles. The van der Waals surface area contributed by atoms with E-state index in [1.165, 1.54) is 17.3 Å². The molecule has 0 spiro atoms. The Morgan fingerprint density at radius 1 is 1.25 bits per heavy atom. The number of nitrogens with zero attached hydrogens (tertiary/aromatic N) is 3. The normalized spacial score (nSPS) is 20.1. The summed E-state index contributed by atoms with van der Waals surface area (Å²) < 4.78 is 0. The number of aromatic nitrogens is 2. The van der Waals surface area contributed by atoms with Crippen LogP contribution in [0, 0.1) is 0 Å². The van der Waals surface area contributed by atoms with Crippen molar-refractivity contribution in [2.45, 2.75) is 23.7 Å². The predicted molar refractivity (Wildman–Crippen MR) is 94.6 cm³/mol. The van der Waals surface area contributed by atoms with Gasteiger partial charge in [-0.2, -0.15) is 0 Å². The van der Waals surface area contributed by atoms with Gasteiger partial charge in [0.25, 0.3) is 5.91 Å². The smallest absolute Gasteiger partial charge is 0.256 e. The SMILES string of the molecule is CSc1ncc(C(=O)N(C)CC2CC(c3ccccc3)NN2)cn1. The summed E-state index contributed by atoms with van der Waals surface area (Å²) in [5, 5.41) is 0.668. The summed E-state index contributed by atoms with van der Waals surface area (Å²) in [6, 6.07) is 10.8. The minimum atomic E-state index is -0.0624. The standard InChI is InChI=1S/C17H21N5OS/c1-22(16(23)13-9-18-17(24-2)19-10-13)11-14-8-15(21-20-14)12-6-4-3-5-7-12/h3-7,9-10,14-15,20-21H,8,11H2,1-2H3. The Kier molecular flexibility index (Phi) is 5.44. The Hall–Kier alpha value is -1.96. The first-order valence-corrected chi connectivity index (χ1v) is 9.07. The Morgan fingerprint density at radius 2 is 1.96 bits per heavy atom. The highest BCUT2D eigenvalue weighted by atomic mass is 32.2. The lowest BCUT2D eigenvalue weighted by atomic mass is 10.0. The molecule has 1 saturated heterocycles. The zero-order valence-electron chi connectivity index (χ0n) is 13.8. The third kappa shape index (κ3) is 3.92. The Bertz CT molecular complexity index is 679. The highest BCUT2D eigenvalue weighted by Gasteiger charge is 2.27. The summed E-state index contributed by atoms with van der Waals surface area (Å²) in [6.07, 6.45) is 6.02. The molecule has 1 fully saturated rings. The molecule has 2 aromatic rings. The van der Waals surface area contributed by atoms with Crippen molar-refractivity contribution in [2.24, 2.45) is 0 Å². The summed E-state index contributed by atoms with van der Waals surface area (Å²) in [6.45, 7) is 0.624. The molecule has 2 heterocycles. The molecule has 0 aliphatic carbocycles. The van der Waals surface area contributed by atoms with Gasteiger partial charge >= 0.3 is 0 Å². The predicted octanol–water partition coefficient (Wildman–Crippen LogP) is 1.88. The van der Waals surface area contributed by atoms with E-state index in [0.29, 0.717) is 17.3 Å². The van der Waals surface area contributed by atoms with Crippen LogP contribution in [0.4, 0.5) is 0 Å². The van der Waals surface area contributed by atoms with Crippen molar-refractivity contribution in [1.82, 2.24) is 25.7 Å². The maximum absolute atomic E-state index is 12.5. The van der Waals surface area contributed by atoms with Gasteiger partial charge in [-0.05, 0) is 18.2 Å². The number of likely N-dealkylation sites (N-methyl/N-ethyl adjacent to an activating group) is 1. The maximum Gasteiger partial charge on any atom is 0.256 e. The zero-order chi connectivity index (χ0) is 16.9. The Morgan fingerprint density at radius 3 is 2.62 bits per heavy atom. The molecule has 1 aliphatic heterocycles. The Labute approximate surface area is 146 Å². The number of benzene rings is 1. The van der Waals surface area contributed by atoms with Gasteiger partial charge in [0.1, 0.15) is 0 Å². The molecular formula is C17H21N5OS. The van der Waals surface area contributed by atoms with Gasteiger partial charge in [0.15, 0.2) is 5.16 Å². The molecule has 7 heteroatoms. The number of hydrazine groups is 1. The number of nitrogens with one attached hydrogen (secondary N) is 2. The van der Waals surface area contributed by atoms with E-state index in [9.17, 15) is 4.79 Å². The lowest BCUT2D eigenvalue weighted by Crippen LogP contribution is -2.41. The molecule has 2 N–H and O–H groups in total. The molecule has 3 rings (SSSR count). The fourth-order valence-corrected chi connectivity index (χ4v) is 3.13. The van der Waals surface area contributed by atoms with Gasteiger partial charge in [-0.25, -0.2) is 15.4 Å². The van der Waals surface area contributed by atoms with Gasteiger partial charge in [-0.1, -0.05) is 42.1 Å². The van der Waals surface area contributed by atoms with E-state index in [2.05, 4.69) is 33.0 Å². The number of amides is 1. The fraction of sp³-hybridized carbons (Fsp3) is 0.353. The lowest BCUT2D eigenvalue weighted by Gasteiger charge is -2.20. The second kappa shape index (κ2) is 7.74. The van der Waals surface area contributed by atoms with Crippen LogP contribution >= 0.6 is 11.8 Å². The van der Waals surface area contributed by atoms with E-state index >= 15 is 0 Å². The third-order valence-electron chi connectivity index (χ3n) is 4.08. The van der Waals surface area contributed by atoms with E-state index in [0.717, 1.165) is 6.42 Å². The van der Waals surface area contributed by atoms with Crippen molar-refractivity contribution in [1.29, 1.82) is 0 Å². The van der Waals surface area contributed by atoms with Crippen LogP contribution in [-0.2, 0) is 0 Å². The van der Waals surface area contributed by atoms with Crippen molar-refractivity contribution in [2.75, 3.05) is 19.8 Å². The van der Waals surface area contributed by atoms with E-state index in [1.807, 2.05) is 31.5 Å². The number of rotatable bonds is 5. The van der Waals surface area contributed by atoms with Crippen molar-refractivity contribution in [3.8, 4) is 0 Å². The van der Waals surface area contributed by atoms with Gasteiger partial charge in [-0.15, -0.1) is 0 Å². The van der Waals surface area contributed by atoms with Crippen LogP contribution in [0.3, 0.4) is 0 Å². The number of carbonyl (C=O) groups excluding carboxylic acids is 1. The van der Waals surface area contributed by atoms with Gasteiger partial charge in [0.05, 0.1) is 5.56 Å². The highest BCUT2D eigenvalue weighted by molar-refractivity contribution is 7.98. The first-order valence-electron chi connectivity index (χ1n) is 7.85. The minimum Gasteiger partial charge on any atom is -0.340 e. The quantitative estimate of drug-likeness (QED) is 0.638. The minimum absolute atomic E-state index is 0.0624. The monoisotopic (exact) mass is 343 g/mol. The summed E-state index contributed by atoms with van der Waals surface area (Å²) in [7, 11) is 1.81. The second-order valence-corrected chi connectivity index (χ2v) is 6.60. The molecule has 1 aromatic carbocycles. The average molecular weight is 343 g/mol. The van der Waals surface area contributed by atoms with Gasteiger partial charge in [-0.3, -0.25) is 10.2 Å². The maximum atomic E-state index is 12.5. The number of hydrogen-bond acceptors (Lipinski definition) is 6. The van der Waals surface area contributed by atoms with Crippen LogP contribution in [0.25, 0.3) is 0 Å². The summed E-state index contributed by atoms with van der Waals surface area (Å²) in [5.41, 5.74) is 8.36. The van der Waals surface area contributed by atoms with Gasteiger partial charge in [0, 0.05) is 38.1 Å². The summed E-state index contributed by atoms with van der Waals surface area (Å²) in [5.74, 6) is -0.0624. The van der Waals surface area contributed by atoms with E-state index in [4.69, 9.17) is 0 Å². The second-order valence-electron chi connectivity index (χ2n) is 5.83. The lowest BCUT2D eigenvalue weighted by molar-refractivity contribution is 0.0781. The van der Waals surface area contributed by atoms with Crippen LogP contribution in [0.2, 0.25) is 0 Å². The van der Waals surface area contributed by atoms with Crippen molar-refractivity contribution in [3.05, 3.63) is 53.9 Å². The third-order valence-corrected chi connectivity index (χ3v) is 4.66. The van der Waals surface area contributed by atoms with Crippen LogP contribution < -0.4 is 10.9 Å². The molecule has 24 heavy (non-hydrogen) atoms. The first kappa shape index (κ1) is 16.9. The molecule has 0 bridgehead atoms. The molecule has 126 valence electrons. The molecule has 1 amide bonds. The van der Waals surface area contributed by atoms with Crippen molar-refractivity contribution < 1.29 is 4.79 Å². The molecule has 2 atom stereocenters. The molecule has 0 saturated carbocycles.